The highest BCUT2D eigenvalue weighted by Gasteiger charge is 2.42. The number of allylic oxidation sites excluding steroid dienone is 2. The van der Waals surface area contributed by atoms with E-state index < -0.39 is 0 Å². The first kappa shape index (κ1) is 8.93. The summed E-state index contributed by atoms with van der Waals surface area (Å²) < 4.78 is 0. The molecule has 2 fully saturated rings. The molecule has 2 heterocycles. The van der Waals surface area contributed by atoms with Gasteiger partial charge in [-0.15, -0.1) is 0 Å². The summed E-state index contributed by atoms with van der Waals surface area (Å²) in [6.07, 6.45) is 9.60. The number of fused-ring (bicyclic) bond motifs is 1. The molecule has 2 bridgehead atoms. The number of aliphatic hydroxyl groups excluding tert-OH is 1. The second-order valence-corrected chi connectivity index (χ2v) is 5.05. The van der Waals surface area contributed by atoms with Crippen LogP contribution in [-0.2, 0) is 0 Å². The van der Waals surface area contributed by atoms with Crippen molar-refractivity contribution in [3.63, 3.8) is 0 Å². The minimum absolute atomic E-state index is 0.147. The van der Waals surface area contributed by atoms with Crippen LogP contribution in [0.5, 0.6) is 0 Å². The number of hydrogen-bond acceptors (Lipinski definition) is 2. The molecule has 78 valence electrons. The molecule has 5 atom stereocenters. The van der Waals surface area contributed by atoms with Gasteiger partial charge in [-0.05, 0) is 37.5 Å². The molecule has 0 amide bonds. The fraction of sp³-hybridized carbons (Fsp3) is 0.833. The average Bonchev–Trinajstić information content (AvgIpc) is 2.33. The van der Waals surface area contributed by atoms with Gasteiger partial charge in [0.15, 0.2) is 0 Å². The lowest BCUT2D eigenvalue weighted by Crippen LogP contribution is -2.50. The van der Waals surface area contributed by atoms with Crippen LogP contribution in [-0.4, -0.2) is 29.3 Å². The fourth-order valence-corrected chi connectivity index (χ4v) is 3.61. The molecule has 0 spiro atoms. The average molecular weight is 193 g/mol. The third-order valence-corrected chi connectivity index (χ3v) is 4.35. The molecule has 2 aliphatic heterocycles. The number of aliphatic hydroxyl groups is 1. The van der Waals surface area contributed by atoms with E-state index in [9.17, 15) is 5.11 Å². The van der Waals surface area contributed by atoms with E-state index in [1.165, 1.54) is 25.7 Å². The van der Waals surface area contributed by atoms with Gasteiger partial charge in [0.05, 0.1) is 0 Å². The van der Waals surface area contributed by atoms with E-state index >= 15 is 0 Å². The van der Waals surface area contributed by atoms with Crippen molar-refractivity contribution in [1.29, 1.82) is 0 Å². The largest absolute Gasteiger partial charge is 0.378 e. The number of piperidine rings is 1. The SMILES string of the molecule is OC1[C@H]2[C@H]3CC=C[C@H]2CCCN1CC3. The van der Waals surface area contributed by atoms with Gasteiger partial charge >= 0.3 is 0 Å². The summed E-state index contributed by atoms with van der Waals surface area (Å²) in [6.45, 7) is 2.22. The number of rotatable bonds is 0. The van der Waals surface area contributed by atoms with Crippen LogP contribution in [0.2, 0.25) is 0 Å². The number of hydrogen-bond donors (Lipinski definition) is 1. The van der Waals surface area contributed by atoms with Crippen LogP contribution in [0, 0.1) is 17.8 Å². The number of nitrogens with zero attached hydrogens (tertiary/aromatic N) is 1. The first-order chi connectivity index (χ1) is 6.86. The molecule has 2 unspecified atom stereocenters. The Bertz CT molecular complexity index is 251. The van der Waals surface area contributed by atoms with Crippen LogP contribution in [0.3, 0.4) is 0 Å². The van der Waals surface area contributed by atoms with Crippen LogP contribution in [0.4, 0.5) is 0 Å². The van der Waals surface area contributed by atoms with Gasteiger partial charge in [0.25, 0.3) is 0 Å². The van der Waals surface area contributed by atoms with E-state index in [0.29, 0.717) is 11.8 Å². The van der Waals surface area contributed by atoms with Crippen molar-refractivity contribution in [3.8, 4) is 0 Å². The molecule has 0 saturated carbocycles. The minimum atomic E-state index is -0.147. The Hall–Kier alpha value is -0.340. The Labute approximate surface area is 85.6 Å². The van der Waals surface area contributed by atoms with E-state index in [0.717, 1.165) is 19.0 Å². The summed E-state index contributed by atoms with van der Waals surface area (Å²) in [4.78, 5) is 2.29. The molecule has 2 nitrogen and oxygen atoms in total. The first-order valence-corrected chi connectivity index (χ1v) is 5.95. The van der Waals surface area contributed by atoms with Crippen molar-refractivity contribution >= 4 is 0 Å². The zero-order valence-corrected chi connectivity index (χ0v) is 8.60. The summed E-state index contributed by atoms with van der Waals surface area (Å²) in [6, 6.07) is 0. The van der Waals surface area contributed by atoms with Crippen LogP contribution >= 0.6 is 0 Å². The standard InChI is InChI=1S/C12H19NO/c14-12-11-9-3-1-4-10(11)6-8-13(12)7-2-5-9/h1,3,9-12,14H,2,4-8H2/t9-,10-,11+,12?/m0/s1. The normalized spacial score (nSPS) is 51.4. The summed E-state index contributed by atoms with van der Waals surface area (Å²) >= 11 is 0. The predicted octanol–water partition coefficient (Wildman–Crippen LogP) is 1.61. The van der Waals surface area contributed by atoms with Crippen molar-refractivity contribution < 1.29 is 5.11 Å². The maximum Gasteiger partial charge on any atom is 0.111 e. The molecule has 0 radical (unpaired) electrons. The Balaban J connectivity index is 1.94. The van der Waals surface area contributed by atoms with Crippen molar-refractivity contribution in [3.05, 3.63) is 12.2 Å². The topological polar surface area (TPSA) is 23.5 Å². The second-order valence-electron chi connectivity index (χ2n) is 5.05. The molecular weight excluding hydrogens is 174 g/mol. The highest BCUT2D eigenvalue weighted by atomic mass is 16.3. The minimum Gasteiger partial charge on any atom is -0.378 e. The third kappa shape index (κ3) is 1.24. The predicted molar refractivity (Wildman–Crippen MR) is 55.7 cm³/mol. The second kappa shape index (κ2) is 3.35. The van der Waals surface area contributed by atoms with Gasteiger partial charge in [0, 0.05) is 19.0 Å². The summed E-state index contributed by atoms with van der Waals surface area (Å²) in [5.74, 6) is 1.96. The first-order valence-electron chi connectivity index (χ1n) is 5.95. The third-order valence-electron chi connectivity index (χ3n) is 4.35. The van der Waals surface area contributed by atoms with Gasteiger partial charge in [0.2, 0.25) is 0 Å². The van der Waals surface area contributed by atoms with Gasteiger partial charge < -0.3 is 5.11 Å². The van der Waals surface area contributed by atoms with Crippen LogP contribution in [0.25, 0.3) is 0 Å². The van der Waals surface area contributed by atoms with Crippen LogP contribution in [0.1, 0.15) is 25.7 Å². The Morgan fingerprint density at radius 2 is 2.14 bits per heavy atom. The molecular formula is C12H19NO. The quantitative estimate of drug-likeness (QED) is 0.591. The van der Waals surface area contributed by atoms with Gasteiger partial charge in [-0.2, -0.15) is 0 Å². The lowest BCUT2D eigenvalue weighted by Gasteiger charge is -2.44. The molecule has 1 N–H and O–H groups in total. The van der Waals surface area contributed by atoms with Crippen LogP contribution < -0.4 is 0 Å². The highest BCUT2D eigenvalue weighted by molar-refractivity contribution is 5.05. The van der Waals surface area contributed by atoms with Gasteiger partial charge in [-0.3, -0.25) is 4.90 Å². The zero-order chi connectivity index (χ0) is 9.54. The monoisotopic (exact) mass is 193 g/mol. The molecule has 14 heavy (non-hydrogen) atoms. The smallest absolute Gasteiger partial charge is 0.111 e. The summed E-state index contributed by atoms with van der Waals surface area (Å²) in [5, 5.41) is 10.3. The molecule has 0 aromatic heterocycles. The van der Waals surface area contributed by atoms with E-state index in [1.807, 2.05) is 0 Å². The molecule has 1 aliphatic carbocycles. The van der Waals surface area contributed by atoms with Crippen molar-refractivity contribution in [2.24, 2.45) is 17.8 Å². The molecule has 2 saturated heterocycles. The fourth-order valence-electron chi connectivity index (χ4n) is 3.61. The maximum atomic E-state index is 10.3. The van der Waals surface area contributed by atoms with Gasteiger partial charge in [0.1, 0.15) is 6.23 Å². The zero-order valence-electron chi connectivity index (χ0n) is 8.60. The lowest BCUT2D eigenvalue weighted by atomic mass is 9.71. The van der Waals surface area contributed by atoms with Crippen molar-refractivity contribution in [2.45, 2.75) is 31.9 Å². The molecule has 2 heteroatoms. The van der Waals surface area contributed by atoms with E-state index in [4.69, 9.17) is 0 Å². The van der Waals surface area contributed by atoms with E-state index in [-0.39, 0.29) is 6.23 Å². The van der Waals surface area contributed by atoms with Gasteiger partial charge in [-0.25, -0.2) is 0 Å². The molecule has 3 rings (SSSR count). The maximum absolute atomic E-state index is 10.3. The highest BCUT2D eigenvalue weighted by Crippen LogP contribution is 2.43. The van der Waals surface area contributed by atoms with Crippen molar-refractivity contribution in [2.75, 3.05) is 13.1 Å². The lowest BCUT2D eigenvalue weighted by molar-refractivity contribution is -0.0938. The van der Waals surface area contributed by atoms with Crippen molar-refractivity contribution in [1.82, 2.24) is 4.90 Å². The van der Waals surface area contributed by atoms with Crippen LogP contribution in [0.15, 0.2) is 12.2 Å². The molecule has 0 aromatic carbocycles. The van der Waals surface area contributed by atoms with E-state index in [1.54, 1.807) is 0 Å². The van der Waals surface area contributed by atoms with E-state index in [2.05, 4.69) is 17.1 Å². The summed E-state index contributed by atoms with van der Waals surface area (Å²) in [7, 11) is 0. The Morgan fingerprint density at radius 1 is 1.21 bits per heavy atom. The van der Waals surface area contributed by atoms with Gasteiger partial charge in [-0.1, -0.05) is 12.2 Å². The Morgan fingerprint density at radius 3 is 3.07 bits per heavy atom. The molecule has 3 aliphatic rings. The summed E-state index contributed by atoms with van der Waals surface area (Å²) in [5.41, 5.74) is 0. The Kier molecular flexibility index (Phi) is 2.14. The molecule has 0 aromatic rings.